The van der Waals surface area contributed by atoms with E-state index in [0.29, 0.717) is 40.0 Å². The summed E-state index contributed by atoms with van der Waals surface area (Å²) in [4.78, 5) is 39.5. The second kappa shape index (κ2) is 16.1. The molecule has 0 spiro atoms. The number of nitrogens with one attached hydrogen (secondary N) is 3. The van der Waals surface area contributed by atoms with E-state index in [2.05, 4.69) is 20.7 Å². The minimum absolute atomic E-state index is 0.0651. The van der Waals surface area contributed by atoms with Gasteiger partial charge in [0.1, 0.15) is 23.3 Å². The number of aromatic nitrogens is 5. The number of anilines is 1. The maximum Gasteiger partial charge on any atom is 0.413 e. The number of carbonyl (C=O) groups excluding carboxylic acids is 2. The molecule has 0 saturated heterocycles. The van der Waals surface area contributed by atoms with Gasteiger partial charge in [0.05, 0.1) is 53.0 Å². The molecule has 15 nitrogen and oxygen atoms in total. The number of carbonyl (C=O) groups is 2. The van der Waals surface area contributed by atoms with Crippen LogP contribution in [0.1, 0.15) is 64.4 Å². The molecule has 0 radical (unpaired) electrons. The number of amides is 2. The molecule has 2 aromatic carbocycles. The van der Waals surface area contributed by atoms with Crippen molar-refractivity contribution in [2.45, 2.75) is 82.9 Å². The summed E-state index contributed by atoms with van der Waals surface area (Å²) in [5.74, 6) is -0.115. The Balaban J connectivity index is 1.31. The van der Waals surface area contributed by atoms with Crippen molar-refractivity contribution in [3.05, 3.63) is 108 Å². The molecule has 5 heterocycles. The van der Waals surface area contributed by atoms with Gasteiger partial charge in [-0.15, -0.1) is 0 Å². The summed E-state index contributed by atoms with van der Waals surface area (Å²) in [6, 6.07) is 18.8. The third-order valence-electron chi connectivity index (χ3n) is 9.24. The third kappa shape index (κ3) is 9.33. The van der Waals surface area contributed by atoms with Crippen molar-refractivity contribution < 1.29 is 37.0 Å². The lowest BCUT2D eigenvalue weighted by atomic mass is 9.98. The quantitative estimate of drug-likeness (QED) is 0.115. The number of ether oxygens (including phenoxy) is 4. The summed E-state index contributed by atoms with van der Waals surface area (Å²) in [5.41, 5.74) is 2.57. The van der Waals surface area contributed by atoms with Gasteiger partial charge >= 0.3 is 12.2 Å². The molecule has 308 valence electrons. The minimum Gasteiger partial charge on any atom is -0.500 e. The Hall–Kier alpha value is -6.42. The number of pyridine rings is 2. The van der Waals surface area contributed by atoms with Gasteiger partial charge in [0.15, 0.2) is 11.6 Å². The summed E-state index contributed by atoms with van der Waals surface area (Å²) in [5, 5.41) is 11.7. The molecule has 7 rings (SSSR count). The number of benzene rings is 2. The van der Waals surface area contributed by atoms with Crippen LogP contribution in [0.15, 0.2) is 96.4 Å². The van der Waals surface area contributed by atoms with Crippen LogP contribution in [0, 0.1) is 6.92 Å². The Bertz CT molecular complexity index is 2660. The first kappa shape index (κ1) is 40.8. The predicted molar refractivity (Wildman–Crippen MR) is 223 cm³/mol. The Morgan fingerprint density at radius 1 is 0.966 bits per heavy atom. The molecule has 16 heteroatoms. The highest BCUT2D eigenvalue weighted by molar-refractivity contribution is 7.90. The molecule has 59 heavy (non-hydrogen) atoms. The van der Waals surface area contributed by atoms with E-state index in [0.717, 1.165) is 20.6 Å². The van der Waals surface area contributed by atoms with Crippen molar-refractivity contribution >= 4 is 49.8 Å². The van der Waals surface area contributed by atoms with Crippen molar-refractivity contribution in [2.75, 3.05) is 18.5 Å². The van der Waals surface area contributed by atoms with Gasteiger partial charge in [-0.1, -0.05) is 36.4 Å². The van der Waals surface area contributed by atoms with Gasteiger partial charge in [0, 0.05) is 28.0 Å². The molecule has 0 bridgehead atoms. The maximum absolute atomic E-state index is 13.7. The van der Waals surface area contributed by atoms with E-state index in [-0.39, 0.29) is 35.6 Å². The number of para-hydroxylation sites is 1. The molecule has 4 aromatic heterocycles. The SMILES string of the molecule is Cc1nn(S(=O)(=O)c2ccccc2)c2cnc(-c3cc(OC[C@H](Cc4c[nH]c5ccccc45)NC(=O)OC(C)(C)C)c(NC(=O)OC(C)(C)C)nc3C3C=COC3)cc12. The van der Waals surface area contributed by atoms with Crippen LogP contribution in [0.4, 0.5) is 15.4 Å². The average Bonchev–Trinajstić information content (AvgIpc) is 3.93. The standard InChI is InChI=1S/C43H47N7O8S/c1-26-32-20-35(45-23-36(32)50(49-26)59(53,54)30-13-9-8-10-14-30)33-21-37(39(48-41(52)58-43(5,6)7)47-38(33)27-17-18-55-24-27)56-25-29(46-40(51)57-42(2,3)4)19-28-22-44-34-16-12-11-15-31(28)34/h8-18,20-23,27,29,44H,19,24-25H2,1-7H3,(H,46,51)(H,47,48,52)/t27?,29-/m0/s1. The van der Waals surface area contributed by atoms with Gasteiger partial charge in [-0.05, 0) is 96.9 Å². The summed E-state index contributed by atoms with van der Waals surface area (Å²) < 4.78 is 51.7. The molecule has 2 atom stereocenters. The summed E-state index contributed by atoms with van der Waals surface area (Å²) in [7, 11) is -4.03. The van der Waals surface area contributed by atoms with Crippen molar-refractivity contribution in [1.82, 2.24) is 29.5 Å². The number of hydrogen-bond acceptors (Lipinski definition) is 11. The van der Waals surface area contributed by atoms with Crippen LogP contribution in [-0.2, 0) is 30.7 Å². The number of rotatable bonds is 11. The van der Waals surface area contributed by atoms with Crippen molar-refractivity contribution in [2.24, 2.45) is 0 Å². The van der Waals surface area contributed by atoms with Crippen LogP contribution in [0.5, 0.6) is 5.75 Å². The van der Waals surface area contributed by atoms with E-state index in [9.17, 15) is 18.0 Å². The van der Waals surface area contributed by atoms with E-state index >= 15 is 0 Å². The van der Waals surface area contributed by atoms with Gasteiger partial charge < -0.3 is 29.2 Å². The second-order valence-electron chi connectivity index (χ2n) is 16.2. The van der Waals surface area contributed by atoms with Gasteiger partial charge in [0.25, 0.3) is 10.0 Å². The van der Waals surface area contributed by atoms with Crippen LogP contribution in [0.2, 0.25) is 0 Å². The predicted octanol–water partition coefficient (Wildman–Crippen LogP) is 8.01. The van der Waals surface area contributed by atoms with Crippen LogP contribution < -0.4 is 15.4 Å². The number of nitrogens with zero attached hydrogens (tertiary/aromatic N) is 4. The normalized spacial score (nSPS) is 14.9. The lowest BCUT2D eigenvalue weighted by Crippen LogP contribution is -2.43. The summed E-state index contributed by atoms with van der Waals surface area (Å²) >= 11 is 0. The summed E-state index contributed by atoms with van der Waals surface area (Å²) in [6.07, 6.45) is 5.78. The van der Waals surface area contributed by atoms with E-state index in [1.54, 1.807) is 85.1 Å². The van der Waals surface area contributed by atoms with E-state index in [1.807, 2.05) is 36.5 Å². The highest BCUT2D eigenvalue weighted by Gasteiger charge is 2.29. The number of aryl methyl sites for hydroxylation is 1. The fourth-order valence-corrected chi connectivity index (χ4v) is 8.01. The van der Waals surface area contributed by atoms with E-state index in [1.165, 1.54) is 18.3 Å². The van der Waals surface area contributed by atoms with Gasteiger partial charge in [-0.25, -0.2) is 14.6 Å². The minimum atomic E-state index is -4.03. The Morgan fingerprint density at radius 3 is 2.39 bits per heavy atom. The molecule has 1 aliphatic heterocycles. The van der Waals surface area contributed by atoms with Crippen LogP contribution in [0.25, 0.3) is 33.1 Å². The summed E-state index contributed by atoms with van der Waals surface area (Å²) in [6.45, 7) is 12.5. The molecule has 0 aliphatic carbocycles. The Kier molecular flexibility index (Phi) is 11.1. The Morgan fingerprint density at radius 2 is 1.68 bits per heavy atom. The third-order valence-corrected chi connectivity index (χ3v) is 10.8. The fraction of sp³-hybridized carbons (Fsp3) is 0.326. The molecule has 3 N–H and O–H groups in total. The van der Waals surface area contributed by atoms with Gasteiger partial charge in [-0.3, -0.25) is 10.3 Å². The van der Waals surface area contributed by atoms with Crippen LogP contribution >= 0.6 is 0 Å². The molecule has 1 aliphatic rings. The zero-order valence-corrected chi connectivity index (χ0v) is 34.7. The largest absolute Gasteiger partial charge is 0.500 e. The average molecular weight is 822 g/mol. The zero-order valence-electron chi connectivity index (χ0n) is 33.9. The first-order chi connectivity index (χ1) is 27.9. The van der Waals surface area contributed by atoms with E-state index in [4.69, 9.17) is 28.9 Å². The number of hydrogen-bond donors (Lipinski definition) is 3. The van der Waals surface area contributed by atoms with Gasteiger partial charge in [-0.2, -0.15) is 17.6 Å². The first-order valence-electron chi connectivity index (χ1n) is 19.1. The number of alkyl carbamates (subject to hydrolysis) is 1. The number of H-pyrrole nitrogens is 1. The smallest absolute Gasteiger partial charge is 0.413 e. The first-order valence-corrected chi connectivity index (χ1v) is 20.6. The Labute approximate surface area is 342 Å². The molecular weight excluding hydrogens is 775 g/mol. The molecule has 1 unspecified atom stereocenters. The second-order valence-corrected chi connectivity index (χ2v) is 18.0. The molecule has 0 fully saturated rings. The maximum atomic E-state index is 13.7. The molecule has 6 aromatic rings. The fourth-order valence-electron chi connectivity index (χ4n) is 6.67. The topological polar surface area (TPSA) is 189 Å². The molecule has 0 saturated carbocycles. The highest BCUT2D eigenvalue weighted by atomic mass is 32.2. The highest BCUT2D eigenvalue weighted by Crippen LogP contribution is 2.38. The van der Waals surface area contributed by atoms with Crippen molar-refractivity contribution in [3.8, 4) is 17.0 Å². The number of fused-ring (bicyclic) bond motifs is 2. The lowest BCUT2D eigenvalue weighted by molar-refractivity contribution is 0.0487. The zero-order chi connectivity index (χ0) is 42.1. The molecular formula is C43H47N7O8S. The van der Waals surface area contributed by atoms with Crippen molar-refractivity contribution in [1.29, 1.82) is 0 Å². The lowest BCUT2D eigenvalue weighted by Gasteiger charge is -2.25. The molecule has 2 amide bonds. The van der Waals surface area contributed by atoms with Crippen LogP contribution in [-0.4, -0.2) is 75.2 Å². The van der Waals surface area contributed by atoms with E-state index < -0.39 is 39.5 Å². The monoisotopic (exact) mass is 821 g/mol. The van der Waals surface area contributed by atoms with Crippen molar-refractivity contribution in [3.63, 3.8) is 0 Å². The number of aromatic amines is 1. The van der Waals surface area contributed by atoms with Gasteiger partial charge in [0.2, 0.25) is 0 Å². The van der Waals surface area contributed by atoms with Crippen LogP contribution in [0.3, 0.4) is 0 Å².